The van der Waals surface area contributed by atoms with E-state index in [0.717, 1.165) is 0 Å². The first-order valence-electron chi connectivity index (χ1n) is 6.51. The smallest absolute Gasteiger partial charge is 0.343 e. The van der Waals surface area contributed by atoms with Crippen molar-refractivity contribution < 1.29 is 23.7 Å². The van der Waals surface area contributed by atoms with E-state index in [1.54, 1.807) is 46.8 Å². The summed E-state index contributed by atoms with van der Waals surface area (Å²) in [5.41, 5.74) is 0.262. The van der Waals surface area contributed by atoms with Crippen LogP contribution in [0.3, 0.4) is 0 Å². The first-order chi connectivity index (χ1) is 9.24. The number of aryl methyl sites for hydroxylation is 1. The first kappa shape index (κ1) is 16.6. The van der Waals surface area contributed by atoms with Gasteiger partial charge >= 0.3 is 5.97 Å². The summed E-state index contributed by atoms with van der Waals surface area (Å²) in [7, 11) is 0. The number of hydrogen-bond donors (Lipinski definition) is 0. The summed E-state index contributed by atoms with van der Waals surface area (Å²) >= 11 is 0. The zero-order valence-corrected chi connectivity index (χ0v) is 12.5. The minimum atomic E-state index is -1.11. The Balaban J connectivity index is 2.96. The molecule has 112 valence electrons. The van der Waals surface area contributed by atoms with E-state index in [4.69, 9.17) is 14.5 Å². The zero-order chi connectivity index (χ0) is 15.3. The third-order valence-corrected chi connectivity index (χ3v) is 2.39. The number of carbonyl (C=O) groups is 1. The lowest BCUT2D eigenvalue weighted by atomic mass is 10.1. The summed E-state index contributed by atoms with van der Waals surface area (Å²) in [5, 5.41) is 0. The van der Waals surface area contributed by atoms with Crippen LogP contribution in [0.2, 0.25) is 0 Å². The van der Waals surface area contributed by atoms with E-state index < -0.39 is 23.5 Å². The van der Waals surface area contributed by atoms with Crippen molar-refractivity contribution in [2.24, 2.45) is 0 Å². The Hall–Kier alpha value is -1.46. The highest BCUT2D eigenvalue weighted by Crippen LogP contribution is 2.24. The van der Waals surface area contributed by atoms with Crippen LogP contribution in [0.4, 0.5) is 4.39 Å². The molecule has 1 aromatic rings. The lowest BCUT2D eigenvalue weighted by Gasteiger charge is -2.22. The molecule has 20 heavy (non-hydrogen) atoms. The van der Waals surface area contributed by atoms with Crippen LogP contribution in [0.1, 0.15) is 44.9 Å². The van der Waals surface area contributed by atoms with Crippen molar-refractivity contribution in [3.05, 3.63) is 35.1 Å². The van der Waals surface area contributed by atoms with E-state index in [-0.39, 0.29) is 6.61 Å². The molecule has 0 bridgehead atoms. The Morgan fingerprint density at radius 3 is 2.50 bits per heavy atom. The molecular weight excluding hydrogens is 263 g/mol. The van der Waals surface area contributed by atoms with E-state index in [2.05, 4.69) is 0 Å². The highest BCUT2D eigenvalue weighted by Gasteiger charge is 2.27. The third kappa shape index (κ3) is 4.90. The van der Waals surface area contributed by atoms with Crippen molar-refractivity contribution in [1.29, 1.82) is 0 Å². The fraction of sp³-hybridized carbons (Fsp3) is 0.533. The maximum Gasteiger partial charge on any atom is 0.343 e. The van der Waals surface area contributed by atoms with Crippen LogP contribution >= 0.6 is 0 Å². The summed E-state index contributed by atoms with van der Waals surface area (Å²) < 4.78 is 18.5. The van der Waals surface area contributed by atoms with E-state index in [9.17, 15) is 9.18 Å². The Labute approximate surface area is 118 Å². The van der Waals surface area contributed by atoms with Crippen LogP contribution in [-0.2, 0) is 19.3 Å². The molecule has 1 rings (SSSR count). The normalized spacial score (nSPS) is 13.1. The van der Waals surface area contributed by atoms with Gasteiger partial charge in [0, 0.05) is 0 Å². The minimum Gasteiger partial charge on any atom is -0.464 e. The van der Waals surface area contributed by atoms with Crippen molar-refractivity contribution in [1.82, 2.24) is 0 Å². The van der Waals surface area contributed by atoms with E-state index in [1.807, 2.05) is 0 Å². The molecule has 5 heteroatoms. The number of carbonyl (C=O) groups excluding carboxylic acids is 1. The van der Waals surface area contributed by atoms with Gasteiger partial charge in [0.25, 0.3) is 0 Å². The number of halogens is 1. The number of hydrogen-bond acceptors (Lipinski definition) is 4. The Bertz CT molecular complexity index is 465. The van der Waals surface area contributed by atoms with Gasteiger partial charge in [0.15, 0.2) is 0 Å². The van der Waals surface area contributed by atoms with Crippen LogP contribution in [0, 0.1) is 12.7 Å². The van der Waals surface area contributed by atoms with Crippen molar-refractivity contribution in [2.75, 3.05) is 6.61 Å². The second-order valence-electron chi connectivity index (χ2n) is 5.43. The molecule has 0 fully saturated rings. The van der Waals surface area contributed by atoms with Crippen LogP contribution in [-0.4, -0.2) is 18.2 Å². The lowest BCUT2D eigenvalue weighted by molar-refractivity contribution is -0.370. The zero-order valence-electron chi connectivity index (χ0n) is 12.5. The summed E-state index contributed by atoms with van der Waals surface area (Å²) in [4.78, 5) is 22.2. The number of rotatable bonds is 5. The Morgan fingerprint density at radius 1 is 1.35 bits per heavy atom. The summed E-state index contributed by atoms with van der Waals surface area (Å²) in [6, 6.07) is 4.45. The topological polar surface area (TPSA) is 44.8 Å². The number of ether oxygens (including phenoxy) is 1. The predicted molar refractivity (Wildman–Crippen MR) is 72.4 cm³/mol. The second kappa shape index (κ2) is 6.81. The summed E-state index contributed by atoms with van der Waals surface area (Å²) in [5.74, 6) is -1.02. The molecule has 4 nitrogen and oxygen atoms in total. The molecule has 1 aromatic carbocycles. The highest BCUT2D eigenvalue weighted by molar-refractivity contribution is 5.76. The second-order valence-corrected chi connectivity index (χ2v) is 5.43. The van der Waals surface area contributed by atoms with Gasteiger partial charge in [-0.25, -0.2) is 19.0 Å². The molecule has 0 aromatic heterocycles. The van der Waals surface area contributed by atoms with Gasteiger partial charge in [0.1, 0.15) is 5.82 Å². The quantitative estimate of drug-likeness (QED) is 0.472. The predicted octanol–water partition coefficient (Wildman–Crippen LogP) is 3.49. The van der Waals surface area contributed by atoms with Crippen molar-refractivity contribution in [3.8, 4) is 0 Å². The maximum absolute atomic E-state index is 13.6. The van der Waals surface area contributed by atoms with Crippen molar-refractivity contribution >= 4 is 5.97 Å². The number of benzene rings is 1. The minimum absolute atomic E-state index is 0.211. The van der Waals surface area contributed by atoms with Crippen LogP contribution in [0.5, 0.6) is 0 Å². The molecule has 0 amide bonds. The molecule has 0 radical (unpaired) electrons. The summed E-state index contributed by atoms with van der Waals surface area (Å²) in [6.07, 6.45) is -1.11. The molecule has 0 aliphatic carbocycles. The fourth-order valence-corrected chi connectivity index (χ4v) is 1.41. The molecule has 0 aliphatic rings. The van der Waals surface area contributed by atoms with Crippen LogP contribution in [0.15, 0.2) is 18.2 Å². The van der Waals surface area contributed by atoms with Gasteiger partial charge in [0.2, 0.25) is 6.10 Å². The van der Waals surface area contributed by atoms with Gasteiger partial charge in [-0.3, -0.25) is 0 Å². The SMILES string of the molecule is CCOC(=O)C(OOC(C)(C)C)c1ccc(C)c(F)c1. The van der Waals surface area contributed by atoms with E-state index in [1.165, 1.54) is 6.07 Å². The third-order valence-electron chi connectivity index (χ3n) is 2.39. The molecule has 1 atom stereocenters. The molecular formula is C15H21FO4. The Kier molecular flexibility index (Phi) is 5.65. The molecule has 0 heterocycles. The molecule has 0 aliphatic heterocycles. The number of esters is 1. The van der Waals surface area contributed by atoms with Gasteiger partial charge in [-0.2, -0.15) is 0 Å². The highest BCUT2D eigenvalue weighted by atomic mass is 19.1. The average Bonchev–Trinajstić information content (AvgIpc) is 2.32. The molecule has 0 spiro atoms. The molecule has 0 saturated heterocycles. The molecule has 0 N–H and O–H groups in total. The van der Waals surface area contributed by atoms with Crippen LogP contribution < -0.4 is 0 Å². The molecule has 0 saturated carbocycles. The average molecular weight is 284 g/mol. The summed E-state index contributed by atoms with van der Waals surface area (Å²) in [6.45, 7) is 8.89. The maximum atomic E-state index is 13.6. The standard InChI is InChI=1S/C15H21FO4/c1-6-18-14(17)13(19-20-15(3,4)5)11-8-7-10(2)12(16)9-11/h7-9,13H,6H2,1-5H3. The van der Waals surface area contributed by atoms with Crippen LogP contribution in [0.25, 0.3) is 0 Å². The van der Waals surface area contributed by atoms with E-state index >= 15 is 0 Å². The van der Waals surface area contributed by atoms with Crippen molar-refractivity contribution in [2.45, 2.75) is 46.3 Å². The van der Waals surface area contributed by atoms with Gasteiger partial charge in [-0.05, 0) is 51.8 Å². The van der Waals surface area contributed by atoms with Gasteiger partial charge in [-0.15, -0.1) is 0 Å². The van der Waals surface area contributed by atoms with Gasteiger partial charge in [-0.1, -0.05) is 12.1 Å². The largest absolute Gasteiger partial charge is 0.464 e. The van der Waals surface area contributed by atoms with E-state index in [0.29, 0.717) is 11.1 Å². The van der Waals surface area contributed by atoms with Gasteiger partial charge in [0.05, 0.1) is 12.2 Å². The lowest BCUT2D eigenvalue weighted by Crippen LogP contribution is -2.26. The van der Waals surface area contributed by atoms with Crippen molar-refractivity contribution in [3.63, 3.8) is 0 Å². The molecule has 1 unspecified atom stereocenters. The Morgan fingerprint density at radius 2 is 2.00 bits per heavy atom. The van der Waals surface area contributed by atoms with Gasteiger partial charge < -0.3 is 4.74 Å². The fourth-order valence-electron chi connectivity index (χ4n) is 1.41. The monoisotopic (exact) mass is 284 g/mol. The first-order valence-corrected chi connectivity index (χ1v) is 6.51.